The predicted molar refractivity (Wildman–Crippen MR) is 116 cm³/mol. The van der Waals surface area contributed by atoms with Crippen LogP contribution in [0.1, 0.15) is 31.4 Å². The number of benzene rings is 2. The van der Waals surface area contributed by atoms with Crippen molar-refractivity contribution >= 4 is 34.3 Å². The highest BCUT2D eigenvalue weighted by atomic mass is 32.2. The average Bonchev–Trinajstić information content (AvgIpc) is 3.22. The lowest BCUT2D eigenvalue weighted by atomic mass is 10.1. The summed E-state index contributed by atoms with van der Waals surface area (Å²) in [5.41, 5.74) is 1.10. The zero-order valence-electron chi connectivity index (χ0n) is 17.1. The van der Waals surface area contributed by atoms with Gasteiger partial charge >= 0.3 is 5.63 Å². The Hall–Kier alpha value is -3.66. The highest BCUT2D eigenvalue weighted by molar-refractivity contribution is 7.98. The number of aromatic nitrogens is 2. The number of amides is 1. The van der Waals surface area contributed by atoms with Crippen molar-refractivity contribution < 1.29 is 22.8 Å². The smallest absolute Gasteiger partial charge is 0.336 e. The third kappa shape index (κ3) is 4.97. The van der Waals surface area contributed by atoms with Crippen molar-refractivity contribution in [1.82, 2.24) is 10.2 Å². The number of hydrogen-bond donors (Lipinski definition) is 1. The van der Waals surface area contributed by atoms with Gasteiger partial charge in [-0.1, -0.05) is 23.9 Å². The Bertz CT molecular complexity index is 1340. The van der Waals surface area contributed by atoms with E-state index in [0.717, 1.165) is 5.39 Å². The Labute approximate surface area is 185 Å². The summed E-state index contributed by atoms with van der Waals surface area (Å²) in [4.78, 5) is 23.2. The Morgan fingerprint density at radius 3 is 2.78 bits per heavy atom. The van der Waals surface area contributed by atoms with Crippen molar-refractivity contribution in [3.05, 3.63) is 76.2 Å². The number of carbonyl (C=O) groups excluding carboxylic acids is 1. The molecule has 10 heteroatoms. The van der Waals surface area contributed by atoms with Gasteiger partial charge in [0.2, 0.25) is 5.91 Å². The van der Waals surface area contributed by atoms with Crippen LogP contribution < -0.4 is 15.7 Å². The molecule has 164 valence electrons. The monoisotopic (exact) mass is 455 g/mol. The zero-order valence-corrected chi connectivity index (χ0v) is 17.9. The molecule has 2 aromatic heterocycles. The molecule has 0 saturated heterocycles. The summed E-state index contributed by atoms with van der Waals surface area (Å²) in [7, 11) is 0. The van der Waals surface area contributed by atoms with Gasteiger partial charge in [0.25, 0.3) is 11.1 Å². The number of para-hydroxylation sites is 1. The lowest BCUT2D eigenvalue weighted by Gasteiger charge is -2.11. The number of thioether (sulfide) groups is 1. The molecule has 1 N–H and O–H groups in total. The van der Waals surface area contributed by atoms with Gasteiger partial charge in [0.15, 0.2) is 17.7 Å². The van der Waals surface area contributed by atoms with Crippen LogP contribution in [-0.4, -0.2) is 16.1 Å². The van der Waals surface area contributed by atoms with Crippen molar-refractivity contribution in [2.45, 2.75) is 30.9 Å². The third-order valence-electron chi connectivity index (χ3n) is 4.41. The number of anilines is 1. The maximum atomic E-state index is 13.8. The normalized spacial score (nSPS) is 12.0. The van der Waals surface area contributed by atoms with E-state index in [-0.39, 0.29) is 22.8 Å². The van der Waals surface area contributed by atoms with E-state index in [1.54, 1.807) is 37.3 Å². The summed E-state index contributed by atoms with van der Waals surface area (Å²) >= 11 is 1.24. The van der Waals surface area contributed by atoms with Gasteiger partial charge in [0.05, 0.1) is 0 Å². The zero-order chi connectivity index (χ0) is 22.7. The van der Waals surface area contributed by atoms with Gasteiger partial charge in [0, 0.05) is 35.9 Å². The fourth-order valence-corrected chi connectivity index (χ4v) is 3.75. The Morgan fingerprint density at radius 2 is 2.00 bits per heavy atom. The van der Waals surface area contributed by atoms with E-state index in [9.17, 15) is 14.0 Å². The molecule has 1 atom stereocenters. The van der Waals surface area contributed by atoms with E-state index in [1.807, 2.05) is 0 Å². The van der Waals surface area contributed by atoms with Gasteiger partial charge in [-0.15, -0.1) is 10.2 Å². The molecule has 0 aliphatic heterocycles. The molecule has 0 fully saturated rings. The highest BCUT2D eigenvalue weighted by Gasteiger charge is 2.18. The lowest BCUT2D eigenvalue weighted by molar-refractivity contribution is -0.114. The number of hydrogen-bond acceptors (Lipinski definition) is 8. The van der Waals surface area contributed by atoms with E-state index in [4.69, 9.17) is 13.6 Å². The van der Waals surface area contributed by atoms with Crippen LogP contribution in [0.5, 0.6) is 5.75 Å². The molecule has 0 radical (unpaired) electrons. The third-order valence-corrected chi connectivity index (χ3v) is 5.28. The second-order valence-corrected chi connectivity index (χ2v) is 7.79. The number of nitrogens with one attached hydrogen (secondary N) is 1. The first-order chi connectivity index (χ1) is 15.4. The van der Waals surface area contributed by atoms with Crippen molar-refractivity contribution in [3.63, 3.8) is 0 Å². The van der Waals surface area contributed by atoms with E-state index < -0.39 is 17.5 Å². The number of halogens is 1. The molecule has 0 aliphatic rings. The molecular formula is C22H18FN3O5S. The molecule has 4 rings (SSSR count). The van der Waals surface area contributed by atoms with Crippen molar-refractivity contribution in [2.24, 2.45) is 0 Å². The van der Waals surface area contributed by atoms with E-state index in [0.29, 0.717) is 22.6 Å². The SMILES string of the molecule is CC(=O)Nc1ccc2c(CSc3nnc([C@@H](C)Oc4ccccc4F)o3)cc(=O)oc2c1. The van der Waals surface area contributed by atoms with Crippen molar-refractivity contribution in [1.29, 1.82) is 0 Å². The molecule has 0 aliphatic carbocycles. The topological polar surface area (TPSA) is 107 Å². The van der Waals surface area contributed by atoms with Gasteiger partial charge in [0.1, 0.15) is 5.58 Å². The standard InChI is InChI=1S/C22H18FN3O5S/c1-12(29-18-6-4-3-5-17(18)23)21-25-26-22(31-21)32-11-14-9-20(28)30-19-10-15(24-13(2)27)7-8-16(14)19/h3-10,12H,11H2,1-2H3,(H,24,27)/t12-/m1/s1. The maximum Gasteiger partial charge on any atom is 0.336 e. The van der Waals surface area contributed by atoms with Gasteiger partial charge < -0.3 is 18.9 Å². The van der Waals surface area contributed by atoms with Crippen LogP contribution in [0.2, 0.25) is 0 Å². The molecule has 32 heavy (non-hydrogen) atoms. The minimum absolute atomic E-state index is 0.0912. The minimum Gasteiger partial charge on any atom is -0.478 e. The summed E-state index contributed by atoms with van der Waals surface area (Å²) in [6, 6.07) is 12.5. The first-order valence-electron chi connectivity index (χ1n) is 9.61. The van der Waals surface area contributed by atoms with Crippen LogP contribution >= 0.6 is 11.8 Å². The molecule has 2 aromatic carbocycles. The summed E-state index contributed by atoms with van der Waals surface area (Å²) in [5.74, 6) is -0.0449. The van der Waals surface area contributed by atoms with Crippen LogP contribution in [0.15, 0.2) is 67.4 Å². The molecule has 4 aromatic rings. The Morgan fingerprint density at radius 1 is 1.19 bits per heavy atom. The molecule has 0 unspecified atom stereocenters. The largest absolute Gasteiger partial charge is 0.478 e. The highest BCUT2D eigenvalue weighted by Crippen LogP contribution is 2.29. The van der Waals surface area contributed by atoms with Gasteiger partial charge in [-0.3, -0.25) is 4.79 Å². The fraction of sp³-hybridized carbons (Fsp3) is 0.182. The minimum atomic E-state index is -0.648. The number of nitrogens with zero attached hydrogens (tertiary/aromatic N) is 2. The van der Waals surface area contributed by atoms with E-state index >= 15 is 0 Å². The summed E-state index contributed by atoms with van der Waals surface area (Å²) in [6.07, 6.45) is -0.648. The number of ether oxygens (including phenoxy) is 1. The molecule has 0 saturated carbocycles. The first-order valence-corrected chi connectivity index (χ1v) is 10.6. The molecule has 0 bridgehead atoms. The Balaban J connectivity index is 1.48. The number of carbonyl (C=O) groups is 1. The maximum absolute atomic E-state index is 13.8. The number of rotatable bonds is 7. The van der Waals surface area contributed by atoms with E-state index in [1.165, 1.54) is 36.9 Å². The van der Waals surface area contributed by atoms with Gasteiger partial charge in [-0.25, -0.2) is 9.18 Å². The molecule has 0 spiro atoms. The second-order valence-electron chi connectivity index (χ2n) is 6.87. The summed E-state index contributed by atoms with van der Waals surface area (Å²) < 4.78 is 30.2. The molecule has 1 amide bonds. The molecular weight excluding hydrogens is 437 g/mol. The van der Waals surface area contributed by atoms with Crippen LogP contribution in [-0.2, 0) is 10.5 Å². The quantitative estimate of drug-likeness (QED) is 0.315. The average molecular weight is 455 g/mol. The van der Waals surface area contributed by atoms with Crippen LogP contribution in [0.3, 0.4) is 0 Å². The van der Waals surface area contributed by atoms with Crippen molar-refractivity contribution in [2.75, 3.05) is 5.32 Å². The summed E-state index contributed by atoms with van der Waals surface area (Å²) in [5, 5.41) is 11.6. The predicted octanol–water partition coefficient (Wildman–Crippen LogP) is 4.71. The van der Waals surface area contributed by atoms with E-state index in [2.05, 4.69) is 15.5 Å². The molecule has 2 heterocycles. The van der Waals surface area contributed by atoms with Gasteiger partial charge in [-0.05, 0) is 36.8 Å². The van der Waals surface area contributed by atoms with Gasteiger partial charge in [-0.2, -0.15) is 0 Å². The first kappa shape index (κ1) is 21.6. The molecule has 8 nitrogen and oxygen atoms in total. The van der Waals surface area contributed by atoms with Crippen LogP contribution in [0.25, 0.3) is 11.0 Å². The van der Waals surface area contributed by atoms with Crippen molar-refractivity contribution in [3.8, 4) is 5.75 Å². The lowest BCUT2D eigenvalue weighted by Crippen LogP contribution is -2.06. The number of fused-ring (bicyclic) bond motifs is 1. The Kier molecular flexibility index (Phi) is 6.22. The fourth-order valence-electron chi connectivity index (χ4n) is 2.99. The summed E-state index contributed by atoms with van der Waals surface area (Å²) in [6.45, 7) is 3.07. The second kappa shape index (κ2) is 9.23. The van der Waals surface area contributed by atoms with Crippen LogP contribution in [0.4, 0.5) is 10.1 Å². The van der Waals surface area contributed by atoms with Crippen LogP contribution in [0, 0.1) is 5.82 Å².